The molecule has 5 nitrogen and oxygen atoms in total. The molecule has 0 aromatic heterocycles. The van der Waals surface area contributed by atoms with E-state index in [1.165, 1.54) is 6.92 Å². The number of carbonyl (C=O) groups excluding carboxylic acids is 2. The summed E-state index contributed by atoms with van der Waals surface area (Å²) in [5.41, 5.74) is 0. The molecule has 2 unspecified atom stereocenters. The second-order valence-electron chi connectivity index (χ2n) is 3.13. The minimum absolute atomic E-state index is 0.0631. The Morgan fingerprint density at radius 1 is 1.64 bits per heavy atom. The van der Waals surface area contributed by atoms with Crippen molar-refractivity contribution in [3.63, 3.8) is 0 Å². The standard InChI is InChI=1S/C9H15NO4/c1-3-13-9-7(14-6(2)11)4-5-8(12)10-9/h7,9H,3-5H2,1-2H3,(H,10,12). The molecule has 0 bridgehead atoms. The summed E-state index contributed by atoms with van der Waals surface area (Å²) < 4.78 is 10.3. The number of amides is 1. The lowest BCUT2D eigenvalue weighted by atomic mass is 10.1. The van der Waals surface area contributed by atoms with Crippen LogP contribution in [0.4, 0.5) is 0 Å². The third-order valence-corrected chi connectivity index (χ3v) is 1.96. The van der Waals surface area contributed by atoms with Gasteiger partial charge in [-0.15, -0.1) is 0 Å². The van der Waals surface area contributed by atoms with Crippen molar-refractivity contribution in [3.8, 4) is 0 Å². The summed E-state index contributed by atoms with van der Waals surface area (Å²) in [5.74, 6) is -0.414. The Balaban J connectivity index is 2.52. The fourth-order valence-corrected chi connectivity index (χ4v) is 1.41. The number of nitrogens with one attached hydrogen (secondary N) is 1. The first kappa shape index (κ1) is 11.0. The summed E-state index contributed by atoms with van der Waals surface area (Å²) in [4.78, 5) is 21.8. The molecule has 80 valence electrons. The maximum absolute atomic E-state index is 11.0. The molecule has 1 heterocycles. The minimum atomic E-state index is -0.495. The molecule has 0 radical (unpaired) electrons. The van der Waals surface area contributed by atoms with Crippen LogP contribution in [-0.2, 0) is 19.1 Å². The molecule has 0 aliphatic carbocycles. The average molecular weight is 201 g/mol. The number of hydrogen-bond donors (Lipinski definition) is 1. The zero-order valence-electron chi connectivity index (χ0n) is 8.41. The van der Waals surface area contributed by atoms with Gasteiger partial charge in [-0.05, 0) is 13.3 Å². The molecule has 5 heteroatoms. The molecule has 1 aliphatic rings. The summed E-state index contributed by atoms with van der Waals surface area (Å²) in [6.45, 7) is 3.65. The highest BCUT2D eigenvalue weighted by atomic mass is 16.6. The maximum Gasteiger partial charge on any atom is 0.303 e. The molecule has 0 saturated carbocycles. The average Bonchev–Trinajstić information content (AvgIpc) is 2.09. The Hall–Kier alpha value is -1.10. The van der Waals surface area contributed by atoms with Crippen LogP contribution in [0.1, 0.15) is 26.7 Å². The molecule has 0 spiro atoms. The first-order valence-electron chi connectivity index (χ1n) is 4.71. The van der Waals surface area contributed by atoms with E-state index in [1.807, 2.05) is 6.92 Å². The zero-order chi connectivity index (χ0) is 10.6. The molecule has 1 N–H and O–H groups in total. The number of hydrogen-bond acceptors (Lipinski definition) is 4. The van der Waals surface area contributed by atoms with Crippen molar-refractivity contribution in [2.75, 3.05) is 6.61 Å². The summed E-state index contributed by atoms with van der Waals surface area (Å²) in [6.07, 6.45) is 0.0488. The van der Waals surface area contributed by atoms with Gasteiger partial charge in [0, 0.05) is 20.0 Å². The Labute approximate surface area is 82.8 Å². The molecule has 1 fully saturated rings. The van der Waals surface area contributed by atoms with E-state index in [0.717, 1.165) is 0 Å². The molecule has 1 aliphatic heterocycles. The topological polar surface area (TPSA) is 64.6 Å². The van der Waals surface area contributed by atoms with Gasteiger partial charge in [-0.2, -0.15) is 0 Å². The lowest BCUT2D eigenvalue weighted by molar-refractivity contribution is -0.164. The third kappa shape index (κ3) is 2.99. The Morgan fingerprint density at radius 3 is 2.93 bits per heavy atom. The molecular formula is C9H15NO4. The molecule has 1 saturated heterocycles. The quantitative estimate of drug-likeness (QED) is 0.662. The number of esters is 1. The van der Waals surface area contributed by atoms with Crippen LogP contribution < -0.4 is 5.32 Å². The summed E-state index contributed by atoms with van der Waals surface area (Å²) in [5, 5.41) is 2.63. The molecule has 1 rings (SSSR count). The van der Waals surface area contributed by atoms with E-state index in [-0.39, 0.29) is 18.0 Å². The van der Waals surface area contributed by atoms with Gasteiger partial charge in [0.1, 0.15) is 6.10 Å². The van der Waals surface area contributed by atoms with Gasteiger partial charge in [0.2, 0.25) is 5.91 Å². The van der Waals surface area contributed by atoms with Crippen LogP contribution in [0.15, 0.2) is 0 Å². The van der Waals surface area contributed by atoms with Gasteiger partial charge in [0.05, 0.1) is 0 Å². The van der Waals surface area contributed by atoms with Crippen molar-refractivity contribution in [2.45, 2.75) is 39.0 Å². The highest BCUT2D eigenvalue weighted by molar-refractivity contribution is 5.77. The molecule has 1 amide bonds. The van der Waals surface area contributed by atoms with Crippen LogP contribution in [0.25, 0.3) is 0 Å². The van der Waals surface area contributed by atoms with Crippen LogP contribution in [0.5, 0.6) is 0 Å². The highest BCUT2D eigenvalue weighted by Crippen LogP contribution is 2.14. The van der Waals surface area contributed by atoms with E-state index in [1.54, 1.807) is 0 Å². The molecule has 0 aromatic rings. The van der Waals surface area contributed by atoms with Crippen LogP contribution in [-0.4, -0.2) is 30.8 Å². The van der Waals surface area contributed by atoms with E-state index in [2.05, 4.69) is 5.32 Å². The Kier molecular flexibility index (Phi) is 3.88. The van der Waals surface area contributed by atoms with E-state index in [4.69, 9.17) is 9.47 Å². The number of ether oxygens (including phenoxy) is 2. The van der Waals surface area contributed by atoms with E-state index in [9.17, 15) is 9.59 Å². The SMILES string of the molecule is CCOC1NC(=O)CCC1OC(C)=O. The van der Waals surface area contributed by atoms with E-state index in [0.29, 0.717) is 19.4 Å². The van der Waals surface area contributed by atoms with E-state index >= 15 is 0 Å². The van der Waals surface area contributed by atoms with Gasteiger partial charge in [-0.3, -0.25) is 9.59 Å². The predicted octanol–water partition coefficient (Wildman–Crippen LogP) is 0.191. The lowest BCUT2D eigenvalue weighted by Gasteiger charge is -2.30. The van der Waals surface area contributed by atoms with Crippen molar-refractivity contribution in [2.24, 2.45) is 0 Å². The number of piperidine rings is 1. The van der Waals surface area contributed by atoms with Crippen LogP contribution in [0, 0.1) is 0 Å². The van der Waals surface area contributed by atoms with Crippen LogP contribution >= 0.6 is 0 Å². The van der Waals surface area contributed by atoms with Crippen molar-refractivity contribution in [3.05, 3.63) is 0 Å². The lowest BCUT2D eigenvalue weighted by Crippen LogP contribution is -2.51. The largest absolute Gasteiger partial charge is 0.458 e. The van der Waals surface area contributed by atoms with Gasteiger partial charge in [-0.25, -0.2) is 0 Å². The second-order valence-corrected chi connectivity index (χ2v) is 3.13. The highest BCUT2D eigenvalue weighted by Gasteiger charge is 2.31. The fraction of sp³-hybridized carbons (Fsp3) is 0.778. The van der Waals surface area contributed by atoms with Crippen molar-refractivity contribution >= 4 is 11.9 Å². The van der Waals surface area contributed by atoms with Gasteiger partial charge in [-0.1, -0.05) is 0 Å². The first-order valence-corrected chi connectivity index (χ1v) is 4.71. The van der Waals surface area contributed by atoms with Gasteiger partial charge < -0.3 is 14.8 Å². The van der Waals surface area contributed by atoms with Gasteiger partial charge in [0.25, 0.3) is 0 Å². The normalized spacial score (nSPS) is 26.9. The van der Waals surface area contributed by atoms with Crippen LogP contribution in [0.2, 0.25) is 0 Å². The first-order chi connectivity index (χ1) is 6.63. The maximum atomic E-state index is 11.0. The smallest absolute Gasteiger partial charge is 0.303 e. The van der Waals surface area contributed by atoms with Crippen molar-refractivity contribution in [1.29, 1.82) is 0 Å². The second kappa shape index (κ2) is 4.95. The summed E-state index contributed by atoms with van der Waals surface area (Å²) in [6, 6.07) is 0. The Bertz CT molecular complexity index is 227. The monoisotopic (exact) mass is 201 g/mol. The summed E-state index contributed by atoms with van der Waals surface area (Å²) >= 11 is 0. The molecule has 14 heavy (non-hydrogen) atoms. The fourth-order valence-electron chi connectivity index (χ4n) is 1.41. The third-order valence-electron chi connectivity index (χ3n) is 1.96. The van der Waals surface area contributed by atoms with Crippen LogP contribution in [0.3, 0.4) is 0 Å². The molecular weight excluding hydrogens is 186 g/mol. The van der Waals surface area contributed by atoms with Crippen molar-refractivity contribution in [1.82, 2.24) is 5.32 Å². The minimum Gasteiger partial charge on any atom is -0.458 e. The Morgan fingerprint density at radius 2 is 2.36 bits per heavy atom. The molecule has 0 aromatic carbocycles. The molecule has 2 atom stereocenters. The summed E-state index contributed by atoms with van der Waals surface area (Å²) in [7, 11) is 0. The zero-order valence-corrected chi connectivity index (χ0v) is 8.41. The number of rotatable bonds is 3. The van der Waals surface area contributed by atoms with E-state index < -0.39 is 6.23 Å². The van der Waals surface area contributed by atoms with Gasteiger partial charge in [0.15, 0.2) is 6.23 Å². The van der Waals surface area contributed by atoms with Crippen molar-refractivity contribution < 1.29 is 19.1 Å². The number of carbonyl (C=O) groups is 2. The predicted molar refractivity (Wildman–Crippen MR) is 48.3 cm³/mol. The van der Waals surface area contributed by atoms with Gasteiger partial charge >= 0.3 is 5.97 Å².